The molecule has 0 spiro atoms. The molecule has 0 saturated carbocycles. The lowest BCUT2D eigenvalue weighted by Gasteiger charge is -2.16. The molecule has 3 nitrogen and oxygen atoms in total. The van der Waals surface area contributed by atoms with Crippen molar-refractivity contribution in [1.82, 2.24) is 0 Å². The third-order valence-corrected chi connectivity index (χ3v) is 4.99. The summed E-state index contributed by atoms with van der Waals surface area (Å²) in [6.07, 6.45) is 2.41. The third-order valence-electron chi connectivity index (χ3n) is 3.38. The Morgan fingerprint density at radius 1 is 1.11 bits per heavy atom. The molecule has 0 heterocycles. The Kier molecular flexibility index (Phi) is 4.91. The highest BCUT2D eigenvalue weighted by Gasteiger charge is 2.26. The normalized spacial score (nSPS) is 17.3. The van der Waals surface area contributed by atoms with Crippen LogP contribution in [0.2, 0.25) is 0 Å². The van der Waals surface area contributed by atoms with Gasteiger partial charge in [-0.05, 0) is 43.9 Å². The summed E-state index contributed by atoms with van der Waals surface area (Å²) in [5, 5.41) is 0. The maximum Gasteiger partial charge on any atom is 0.180 e. The zero-order valence-corrected chi connectivity index (χ0v) is 12.5. The van der Waals surface area contributed by atoms with E-state index < -0.39 is 10.8 Å². The number of hydrogen-bond acceptors (Lipinski definition) is 3. The predicted molar refractivity (Wildman–Crippen MR) is 76.3 cm³/mol. The summed E-state index contributed by atoms with van der Waals surface area (Å²) in [4.78, 5) is 1.82. The SMILES string of the molecule is COC(OC)C1=C([S@](=O)c2ccc(C)cc2)CCC1. The van der Waals surface area contributed by atoms with E-state index in [1.54, 1.807) is 14.2 Å². The minimum Gasteiger partial charge on any atom is -0.352 e. The number of rotatable bonds is 5. The molecule has 0 N–H and O–H groups in total. The molecule has 4 heteroatoms. The molecule has 1 aromatic carbocycles. The van der Waals surface area contributed by atoms with Crippen LogP contribution in [0.4, 0.5) is 0 Å². The summed E-state index contributed by atoms with van der Waals surface area (Å²) < 4.78 is 23.3. The van der Waals surface area contributed by atoms with Crippen molar-refractivity contribution in [3.05, 3.63) is 40.3 Å². The van der Waals surface area contributed by atoms with Crippen LogP contribution in [0.15, 0.2) is 39.6 Å². The van der Waals surface area contributed by atoms with Gasteiger partial charge in [-0.2, -0.15) is 0 Å². The zero-order valence-electron chi connectivity index (χ0n) is 11.6. The molecule has 0 aromatic heterocycles. The highest BCUT2D eigenvalue weighted by Crippen LogP contribution is 2.34. The maximum absolute atomic E-state index is 12.6. The average Bonchev–Trinajstić information content (AvgIpc) is 2.89. The van der Waals surface area contributed by atoms with E-state index in [-0.39, 0.29) is 6.29 Å². The Labute approximate surface area is 117 Å². The molecule has 0 fully saturated rings. The zero-order chi connectivity index (χ0) is 13.8. The van der Waals surface area contributed by atoms with Gasteiger partial charge in [-0.3, -0.25) is 0 Å². The number of aryl methyl sites for hydroxylation is 1. The van der Waals surface area contributed by atoms with Crippen molar-refractivity contribution < 1.29 is 13.7 Å². The van der Waals surface area contributed by atoms with E-state index in [9.17, 15) is 4.21 Å². The molecule has 1 aliphatic rings. The summed E-state index contributed by atoms with van der Waals surface area (Å²) in [5.74, 6) is 0. The van der Waals surface area contributed by atoms with Crippen molar-refractivity contribution in [2.24, 2.45) is 0 Å². The molecule has 1 atom stereocenters. The third kappa shape index (κ3) is 3.14. The standard InChI is InChI=1S/C15H20O3S/c1-11-7-9-12(10-8-11)19(16)14-6-4-5-13(14)15(17-2)18-3/h7-10,15H,4-6H2,1-3H3/t19-/m1/s1. The number of allylic oxidation sites excluding steroid dienone is 1. The first-order valence-corrected chi connectivity index (χ1v) is 7.58. The molecule has 0 amide bonds. The van der Waals surface area contributed by atoms with Gasteiger partial charge in [-0.15, -0.1) is 0 Å². The highest BCUT2D eigenvalue weighted by atomic mass is 32.2. The number of methoxy groups -OCH3 is 2. The lowest BCUT2D eigenvalue weighted by Crippen LogP contribution is -2.17. The molecule has 0 bridgehead atoms. The van der Waals surface area contributed by atoms with Gasteiger partial charge in [-0.1, -0.05) is 17.7 Å². The summed E-state index contributed by atoms with van der Waals surface area (Å²) in [6, 6.07) is 7.85. The Balaban J connectivity index is 2.30. The summed E-state index contributed by atoms with van der Waals surface area (Å²) >= 11 is 0. The highest BCUT2D eigenvalue weighted by molar-refractivity contribution is 7.89. The minimum atomic E-state index is -1.10. The molecule has 104 valence electrons. The Hall–Kier alpha value is -0.970. The van der Waals surface area contributed by atoms with Crippen molar-refractivity contribution in [2.45, 2.75) is 37.4 Å². The second kappa shape index (κ2) is 6.46. The van der Waals surface area contributed by atoms with Crippen LogP contribution < -0.4 is 0 Å². The molecule has 0 unspecified atom stereocenters. The number of ether oxygens (including phenoxy) is 2. The molecule has 0 radical (unpaired) electrons. The van der Waals surface area contributed by atoms with Crippen molar-refractivity contribution >= 4 is 10.8 Å². The smallest absolute Gasteiger partial charge is 0.180 e. The molecule has 19 heavy (non-hydrogen) atoms. The van der Waals surface area contributed by atoms with Crippen LogP contribution in [0.3, 0.4) is 0 Å². The lowest BCUT2D eigenvalue weighted by atomic mass is 10.2. The van der Waals surface area contributed by atoms with E-state index in [2.05, 4.69) is 0 Å². The summed E-state index contributed by atoms with van der Waals surface area (Å²) in [5.41, 5.74) is 2.22. The maximum atomic E-state index is 12.6. The first-order valence-electron chi connectivity index (χ1n) is 6.43. The van der Waals surface area contributed by atoms with Crippen molar-refractivity contribution in [1.29, 1.82) is 0 Å². The van der Waals surface area contributed by atoms with Crippen molar-refractivity contribution in [2.75, 3.05) is 14.2 Å². The predicted octanol–water partition coefficient (Wildman–Crippen LogP) is 3.16. The van der Waals surface area contributed by atoms with Crippen LogP contribution in [-0.2, 0) is 20.3 Å². The second-order valence-electron chi connectivity index (χ2n) is 4.69. The summed E-state index contributed by atoms with van der Waals surface area (Å²) in [7, 11) is 2.13. The fourth-order valence-electron chi connectivity index (χ4n) is 2.39. The first kappa shape index (κ1) is 14.4. The number of benzene rings is 1. The molecule has 0 saturated heterocycles. The second-order valence-corrected chi connectivity index (χ2v) is 6.19. The van der Waals surface area contributed by atoms with Gasteiger partial charge in [0.1, 0.15) is 0 Å². The molecule has 2 rings (SSSR count). The fraction of sp³-hybridized carbons (Fsp3) is 0.467. The van der Waals surface area contributed by atoms with E-state index in [0.29, 0.717) is 0 Å². The Morgan fingerprint density at radius 3 is 2.32 bits per heavy atom. The van der Waals surface area contributed by atoms with Gasteiger partial charge < -0.3 is 9.47 Å². The molecule has 1 aliphatic carbocycles. The molecular weight excluding hydrogens is 260 g/mol. The van der Waals surface area contributed by atoms with Crippen LogP contribution in [0.5, 0.6) is 0 Å². The van der Waals surface area contributed by atoms with E-state index in [0.717, 1.165) is 34.6 Å². The quantitative estimate of drug-likeness (QED) is 0.777. The topological polar surface area (TPSA) is 35.5 Å². The average molecular weight is 280 g/mol. The van der Waals surface area contributed by atoms with Crippen LogP contribution in [0.1, 0.15) is 24.8 Å². The lowest BCUT2D eigenvalue weighted by molar-refractivity contribution is -0.0761. The van der Waals surface area contributed by atoms with Gasteiger partial charge in [0.2, 0.25) is 0 Å². The van der Waals surface area contributed by atoms with Crippen LogP contribution in [0.25, 0.3) is 0 Å². The van der Waals surface area contributed by atoms with E-state index >= 15 is 0 Å². The van der Waals surface area contributed by atoms with Gasteiger partial charge in [0.25, 0.3) is 0 Å². The Bertz CT molecular complexity index is 487. The Morgan fingerprint density at radius 2 is 1.74 bits per heavy atom. The van der Waals surface area contributed by atoms with Crippen LogP contribution in [0, 0.1) is 6.92 Å². The van der Waals surface area contributed by atoms with Gasteiger partial charge in [0, 0.05) is 24.0 Å². The minimum absolute atomic E-state index is 0.369. The number of hydrogen-bond donors (Lipinski definition) is 0. The van der Waals surface area contributed by atoms with E-state index in [1.165, 1.54) is 5.56 Å². The monoisotopic (exact) mass is 280 g/mol. The van der Waals surface area contributed by atoms with Gasteiger partial charge in [-0.25, -0.2) is 4.21 Å². The summed E-state index contributed by atoms with van der Waals surface area (Å²) in [6.45, 7) is 2.03. The van der Waals surface area contributed by atoms with E-state index in [4.69, 9.17) is 9.47 Å². The van der Waals surface area contributed by atoms with Crippen LogP contribution in [-0.4, -0.2) is 24.7 Å². The largest absolute Gasteiger partial charge is 0.352 e. The van der Waals surface area contributed by atoms with E-state index in [1.807, 2.05) is 31.2 Å². The fourth-order valence-corrected chi connectivity index (χ4v) is 3.82. The van der Waals surface area contributed by atoms with Gasteiger partial charge in [0.05, 0.1) is 10.8 Å². The molecule has 1 aromatic rings. The van der Waals surface area contributed by atoms with Crippen molar-refractivity contribution in [3.63, 3.8) is 0 Å². The molecule has 0 aliphatic heterocycles. The van der Waals surface area contributed by atoms with Gasteiger partial charge in [0.15, 0.2) is 6.29 Å². The molecular formula is C15H20O3S. The van der Waals surface area contributed by atoms with Gasteiger partial charge >= 0.3 is 0 Å². The van der Waals surface area contributed by atoms with Crippen LogP contribution >= 0.6 is 0 Å². The first-order chi connectivity index (χ1) is 9.17. The van der Waals surface area contributed by atoms with Crippen molar-refractivity contribution in [3.8, 4) is 0 Å².